The first-order valence-electron chi connectivity index (χ1n) is 10.2. The minimum atomic E-state index is -4.84. The molecule has 1 heterocycles. The molecule has 2 N–H and O–H groups in total. The lowest BCUT2D eigenvalue weighted by molar-refractivity contribution is -0.274. The summed E-state index contributed by atoms with van der Waals surface area (Å²) in [7, 11) is -3.00. The van der Waals surface area contributed by atoms with Gasteiger partial charge in [-0.3, -0.25) is 19.7 Å². The summed E-state index contributed by atoms with van der Waals surface area (Å²) < 4.78 is 65.1. The monoisotopic (exact) mass is 527 g/mol. The maximum absolute atomic E-state index is 12.5. The Hall–Kier alpha value is -3.91. The molecule has 10 nitrogen and oxygen atoms in total. The van der Waals surface area contributed by atoms with Gasteiger partial charge in [0.1, 0.15) is 22.2 Å². The van der Waals surface area contributed by atoms with Crippen LogP contribution in [0.4, 0.5) is 18.0 Å². The van der Waals surface area contributed by atoms with E-state index in [1.807, 2.05) is 0 Å². The van der Waals surface area contributed by atoms with E-state index in [1.54, 1.807) is 0 Å². The zero-order valence-corrected chi connectivity index (χ0v) is 19.6. The molecular weight excluding hydrogens is 507 g/mol. The lowest BCUT2D eigenvalue weighted by atomic mass is 9.99. The number of benzene rings is 2. The second-order valence-electron chi connectivity index (χ2n) is 8.22. The highest BCUT2D eigenvalue weighted by atomic mass is 32.2. The fourth-order valence-corrected chi connectivity index (χ4v) is 4.33. The summed E-state index contributed by atoms with van der Waals surface area (Å²) in [6, 6.07) is 8.18. The third-order valence-corrected chi connectivity index (χ3v) is 6.17. The van der Waals surface area contributed by atoms with Crippen molar-refractivity contribution in [2.45, 2.75) is 31.8 Å². The minimum Gasteiger partial charge on any atom is -0.406 e. The topological polar surface area (TPSA) is 133 Å². The molecule has 14 heteroatoms. The van der Waals surface area contributed by atoms with Crippen LogP contribution in [0.2, 0.25) is 0 Å². The number of alkyl halides is 3. The second-order valence-corrected chi connectivity index (χ2v) is 9.13. The van der Waals surface area contributed by atoms with Gasteiger partial charge in [0.15, 0.2) is 0 Å². The highest BCUT2D eigenvalue weighted by Crippen LogP contribution is 2.27. The van der Waals surface area contributed by atoms with Crippen molar-refractivity contribution in [3.05, 3.63) is 54.1 Å². The van der Waals surface area contributed by atoms with Crippen LogP contribution in [0.5, 0.6) is 5.75 Å². The zero-order valence-electron chi connectivity index (χ0n) is 18.8. The molecule has 0 spiro atoms. The Labute approximate surface area is 204 Å². The summed E-state index contributed by atoms with van der Waals surface area (Å²) in [5.74, 6) is -1.09. The highest BCUT2D eigenvalue weighted by molar-refractivity contribution is 7.73. The normalized spacial score (nSPS) is 15.8. The average molecular weight is 527 g/mol. The first-order chi connectivity index (χ1) is 16.7. The van der Waals surface area contributed by atoms with Gasteiger partial charge in [-0.05, 0) is 42.7 Å². The van der Waals surface area contributed by atoms with Crippen molar-refractivity contribution in [2.24, 2.45) is 0 Å². The van der Waals surface area contributed by atoms with Gasteiger partial charge < -0.3 is 10.1 Å². The van der Waals surface area contributed by atoms with E-state index in [2.05, 4.69) is 10.1 Å². The summed E-state index contributed by atoms with van der Waals surface area (Å²) in [5.41, 5.74) is -0.212. The molecule has 0 saturated carbocycles. The number of ether oxygens (including phenoxy) is 1. The van der Waals surface area contributed by atoms with Gasteiger partial charge in [0.05, 0.1) is 6.54 Å². The van der Waals surface area contributed by atoms with Gasteiger partial charge in [-0.15, -0.1) is 13.2 Å². The van der Waals surface area contributed by atoms with E-state index in [0.29, 0.717) is 16.0 Å². The van der Waals surface area contributed by atoms with Crippen LogP contribution in [-0.4, -0.2) is 71.3 Å². The van der Waals surface area contributed by atoms with E-state index in [9.17, 15) is 41.2 Å². The summed E-state index contributed by atoms with van der Waals surface area (Å²) in [5, 5.41) is 12.6. The molecule has 0 radical (unpaired) electrons. The lowest BCUT2D eigenvalue weighted by Crippen LogP contribution is -2.50. The highest BCUT2D eigenvalue weighted by Gasteiger charge is 2.46. The molecule has 4 amide bonds. The molecule has 0 aromatic heterocycles. The Kier molecular flexibility index (Phi) is 7.40. The maximum atomic E-state index is 12.5. The van der Waals surface area contributed by atoms with Crippen molar-refractivity contribution in [1.82, 2.24) is 15.3 Å². The number of nitrogens with zero attached hydrogens (tertiary/aromatic N) is 2. The number of halogens is 3. The van der Waals surface area contributed by atoms with Crippen LogP contribution in [0.1, 0.15) is 19.4 Å². The number of carbonyl (C=O) groups is 3. The Morgan fingerprint density at radius 1 is 1.11 bits per heavy atom. The molecule has 1 fully saturated rings. The first kappa shape index (κ1) is 26.7. The van der Waals surface area contributed by atoms with E-state index in [4.69, 9.17) is 0 Å². The van der Waals surface area contributed by atoms with Gasteiger partial charge in [0.2, 0.25) is 16.7 Å². The molecule has 1 unspecified atom stereocenters. The molecule has 1 atom stereocenters. The van der Waals surface area contributed by atoms with E-state index in [1.165, 1.54) is 50.2 Å². The number of hydrogen-bond donors (Lipinski definition) is 2. The number of nitrogens with one attached hydrogen (secondary N) is 1. The average Bonchev–Trinajstić information content (AvgIpc) is 2.99. The van der Waals surface area contributed by atoms with Gasteiger partial charge in [0, 0.05) is 0 Å². The van der Waals surface area contributed by atoms with Crippen molar-refractivity contribution in [1.29, 1.82) is 0 Å². The number of amides is 4. The SMILES string of the molecule is CC1(C)NC(=O)N(CC(C(c2ccc(-c3ccc(OC(F)(F)F)cc3)cc2)=S(=O)=O)N(O)C=O)C1=O. The van der Waals surface area contributed by atoms with Gasteiger partial charge in [-0.25, -0.2) is 9.86 Å². The molecule has 1 aliphatic rings. The largest absolute Gasteiger partial charge is 0.573 e. The van der Waals surface area contributed by atoms with E-state index in [-0.39, 0.29) is 17.0 Å². The predicted octanol–water partition coefficient (Wildman–Crippen LogP) is 2.20. The van der Waals surface area contributed by atoms with Crippen LogP contribution >= 0.6 is 0 Å². The van der Waals surface area contributed by atoms with Gasteiger partial charge in [0.25, 0.3) is 5.91 Å². The maximum Gasteiger partial charge on any atom is 0.573 e. The van der Waals surface area contributed by atoms with Crippen LogP contribution in [0.3, 0.4) is 0 Å². The lowest BCUT2D eigenvalue weighted by Gasteiger charge is -2.26. The van der Waals surface area contributed by atoms with Gasteiger partial charge >= 0.3 is 12.4 Å². The summed E-state index contributed by atoms with van der Waals surface area (Å²) >= 11 is 0. The molecule has 0 bridgehead atoms. The Bertz CT molecular complexity index is 1300. The second kappa shape index (κ2) is 9.99. The number of carbonyl (C=O) groups excluding carboxylic acids is 3. The Balaban J connectivity index is 1.91. The van der Waals surface area contributed by atoms with Crippen LogP contribution in [0.15, 0.2) is 48.5 Å². The van der Waals surface area contributed by atoms with Crippen molar-refractivity contribution < 1.29 is 45.9 Å². The van der Waals surface area contributed by atoms with Crippen molar-refractivity contribution in [3.63, 3.8) is 0 Å². The first-order valence-corrected chi connectivity index (χ1v) is 11.3. The molecule has 0 aliphatic carbocycles. The summed E-state index contributed by atoms with van der Waals surface area (Å²) in [4.78, 5) is 36.3. The van der Waals surface area contributed by atoms with Crippen LogP contribution in [0, 0.1) is 0 Å². The third kappa shape index (κ3) is 5.83. The molecular formula is C22H20F3N3O7S. The quantitative estimate of drug-likeness (QED) is 0.134. The smallest absolute Gasteiger partial charge is 0.406 e. The predicted molar refractivity (Wildman–Crippen MR) is 119 cm³/mol. The fraction of sp³-hybridized carbons (Fsp3) is 0.273. The standard InChI is InChI=1S/C22H20F3N3O7S/c1-21(2)19(30)27(20(31)26-21)11-17(28(32)12-29)18(36(33)34)15-5-3-13(4-6-15)14-7-9-16(10-8-14)35-22(23,24)25/h3-10,12,17,32H,11H2,1-2H3,(H,26,31). The number of hydroxylamine groups is 2. The van der Waals surface area contributed by atoms with Gasteiger partial charge in [-0.2, -0.15) is 8.42 Å². The molecule has 1 aliphatic heterocycles. The summed E-state index contributed by atoms with van der Waals surface area (Å²) in [6.07, 6.45) is -4.89. The van der Waals surface area contributed by atoms with E-state index < -0.39 is 57.3 Å². The van der Waals surface area contributed by atoms with Crippen molar-refractivity contribution in [2.75, 3.05) is 6.54 Å². The van der Waals surface area contributed by atoms with Crippen molar-refractivity contribution >= 4 is 33.5 Å². The molecule has 2 aromatic rings. The number of hydrogen-bond acceptors (Lipinski definition) is 7. The number of rotatable bonds is 8. The molecule has 1 saturated heterocycles. The Morgan fingerprint density at radius 2 is 1.64 bits per heavy atom. The third-order valence-electron chi connectivity index (χ3n) is 5.30. The zero-order chi connectivity index (χ0) is 26.8. The van der Waals surface area contributed by atoms with Crippen molar-refractivity contribution in [3.8, 4) is 16.9 Å². The molecule has 2 aromatic carbocycles. The fourth-order valence-electron chi connectivity index (χ4n) is 3.59. The van der Waals surface area contributed by atoms with E-state index in [0.717, 1.165) is 12.1 Å². The molecule has 192 valence electrons. The van der Waals surface area contributed by atoms with Gasteiger partial charge in [-0.1, -0.05) is 36.4 Å². The minimum absolute atomic E-state index is 0.0429. The molecule has 36 heavy (non-hydrogen) atoms. The van der Waals surface area contributed by atoms with Crippen LogP contribution in [-0.2, 0) is 19.9 Å². The number of imide groups is 1. The van der Waals surface area contributed by atoms with E-state index >= 15 is 0 Å². The Morgan fingerprint density at radius 3 is 2.06 bits per heavy atom. The molecule has 3 rings (SSSR count). The van der Waals surface area contributed by atoms with Crippen LogP contribution in [0.25, 0.3) is 11.1 Å². The summed E-state index contributed by atoms with van der Waals surface area (Å²) in [6.45, 7) is 2.24. The van der Waals surface area contributed by atoms with Crippen LogP contribution < -0.4 is 10.1 Å². The number of urea groups is 1.